The maximum absolute atomic E-state index is 12.2. The molecule has 3 aromatic rings. The second kappa shape index (κ2) is 4.59. The third-order valence-corrected chi connectivity index (χ3v) is 3.23. The van der Waals surface area contributed by atoms with Crippen LogP contribution in [0, 0.1) is 0 Å². The molecule has 0 fully saturated rings. The van der Waals surface area contributed by atoms with Crippen LogP contribution in [-0.2, 0) is 0 Å². The van der Waals surface area contributed by atoms with Gasteiger partial charge in [0.2, 0.25) is 11.2 Å². The first-order valence-corrected chi connectivity index (χ1v) is 6.19. The zero-order valence-electron chi connectivity index (χ0n) is 11.1. The highest BCUT2D eigenvalue weighted by Crippen LogP contribution is 2.36. The third-order valence-electron chi connectivity index (χ3n) is 3.23. The fraction of sp³-hybridized carbons (Fsp3) is 0. The molecule has 0 amide bonds. The molecule has 0 radical (unpaired) electrons. The Morgan fingerprint density at radius 1 is 0.955 bits per heavy atom. The molecule has 0 aliphatic heterocycles. The second-order valence-corrected chi connectivity index (χ2v) is 4.72. The lowest BCUT2D eigenvalue weighted by Gasteiger charge is -2.08. The van der Waals surface area contributed by atoms with E-state index in [2.05, 4.69) is 0 Å². The first-order valence-electron chi connectivity index (χ1n) is 6.19. The molecule has 3 rings (SSSR count). The van der Waals surface area contributed by atoms with E-state index in [1.54, 1.807) is 0 Å². The van der Waals surface area contributed by atoms with E-state index in [1.807, 2.05) is 0 Å². The summed E-state index contributed by atoms with van der Waals surface area (Å²) in [6.45, 7) is 0. The number of fused-ring (bicyclic) bond motifs is 1. The van der Waals surface area contributed by atoms with Gasteiger partial charge in [-0.05, 0) is 18.2 Å². The van der Waals surface area contributed by atoms with Crippen LogP contribution in [0.1, 0.15) is 0 Å². The standard InChI is InChI=1S/C15H11NO6/c16-8-3-6(1-2-9(8)18)15-14(21)13(20)12-10(19)4-7(17)5-11(12)22-15/h1-5,17-19,21H,16H2. The smallest absolute Gasteiger partial charge is 0.238 e. The highest BCUT2D eigenvalue weighted by molar-refractivity contribution is 5.88. The molecule has 0 saturated carbocycles. The number of nitrogen functional groups attached to an aromatic ring is 1. The van der Waals surface area contributed by atoms with Crippen molar-refractivity contribution in [3.63, 3.8) is 0 Å². The third kappa shape index (κ3) is 1.96. The molecule has 0 spiro atoms. The van der Waals surface area contributed by atoms with Crippen molar-refractivity contribution in [1.29, 1.82) is 0 Å². The second-order valence-electron chi connectivity index (χ2n) is 4.72. The number of phenols is 3. The number of anilines is 1. The summed E-state index contributed by atoms with van der Waals surface area (Å²) in [7, 11) is 0. The predicted molar refractivity (Wildman–Crippen MR) is 79.0 cm³/mol. The van der Waals surface area contributed by atoms with Crippen LogP contribution in [0.5, 0.6) is 23.0 Å². The summed E-state index contributed by atoms with van der Waals surface area (Å²) in [5, 5.41) is 38.4. The Labute approximate surface area is 123 Å². The average Bonchev–Trinajstić information content (AvgIpc) is 2.45. The van der Waals surface area contributed by atoms with E-state index in [9.17, 15) is 25.2 Å². The lowest BCUT2D eigenvalue weighted by molar-refractivity contribution is 0.438. The van der Waals surface area contributed by atoms with Crippen molar-refractivity contribution >= 4 is 16.7 Å². The fourth-order valence-corrected chi connectivity index (χ4v) is 2.17. The Balaban J connectivity index is 2.38. The van der Waals surface area contributed by atoms with Crippen molar-refractivity contribution in [2.75, 3.05) is 5.73 Å². The summed E-state index contributed by atoms with van der Waals surface area (Å²) in [6.07, 6.45) is 0. The van der Waals surface area contributed by atoms with Gasteiger partial charge in [-0.25, -0.2) is 0 Å². The van der Waals surface area contributed by atoms with Gasteiger partial charge in [0.15, 0.2) is 5.76 Å². The molecule has 7 nitrogen and oxygen atoms in total. The van der Waals surface area contributed by atoms with Crippen LogP contribution >= 0.6 is 0 Å². The first-order chi connectivity index (χ1) is 10.4. The summed E-state index contributed by atoms with van der Waals surface area (Å²) in [6, 6.07) is 6.12. The molecule has 2 aromatic carbocycles. The maximum Gasteiger partial charge on any atom is 0.238 e. The highest BCUT2D eigenvalue weighted by atomic mass is 16.4. The molecular weight excluding hydrogens is 290 g/mol. The van der Waals surface area contributed by atoms with Gasteiger partial charge in [0.25, 0.3) is 0 Å². The molecule has 7 heteroatoms. The van der Waals surface area contributed by atoms with Crippen molar-refractivity contribution in [3.8, 4) is 34.3 Å². The minimum absolute atomic E-state index is 0.0402. The molecule has 6 N–H and O–H groups in total. The van der Waals surface area contributed by atoms with Gasteiger partial charge in [-0.15, -0.1) is 0 Å². The summed E-state index contributed by atoms with van der Waals surface area (Å²) in [4.78, 5) is 12.2. The Morgan fingerprint density at radius 2 is 1.68 bits per heavy atom. The average molecular weight is 301 g/mol. The van der Waals surface area contributed by atoms with E-state index in [-0.39, 0.29) is 39.5 Å². The van der Waals surface area contributed by atoms with Gasteiger partial charge < -0.3 is 30.6 Å². The van der Waals surface area contributed by atoms with Gasteiger partial charge in [-0.2, -0.15) is 0 Å². The zero-order valence-corrected chi connectivity index (χ0v) is 11.1. The van der Waals surface area contributed by atoms with Gasteiger partial charge in [0, 0.05) is 17.7 Å². The van der Waals surface area contributed by atoms with Crippen LogP contribution in [0.15, 0.2) is 39.5 Å². The van der Waals surface area contributed by atoms with Crippen molar-refractivity contribution in [2.24, 2.45) is 0 Å². The molecule has 1 aromatic heterocycles. The minimum atomic E-state index is -0.847. The number of benzene rings is 2. The highest BCUT2D eigenvalue weighted by Gasteiger charge is 2.19. The van der Waals surface area contributed by atoms with Crippen LogP contribution in [0.4, 0.5) is 5.69 Å². The molecule has 112 valence electrons. The predicted octanol–water partition coefficient (Wildman–Crippen LogP) is 1.86. The number of aromatic hydroxyl groups is 4. The van der Waals surface area contributed by atoms with Crippen LogP contribution in [0.3, 0.4) is 0 Å². The largest absolute Gasteiger partial charge is 0.508 e. The van der Waals surface area contributed by atoms with Crippen molar-refractivity contribution in [3.05, 3.63) is 40.6 Å². The maximum atomic E-state index is 12.2. The topological polar surface area (TPSA) is 137 Å². The van der Waals surface area contributed by atoms with Crippen LogP contribution in [0.2, 0.25) is 0 Å². The Bertz CT molecular complexity index is 960. The molecule has 0 unspecified atom stereocenters. The normalized spacial score (nSPS) is 10.9. The molecule has 22 heavy (non-hydrogen) atoms. The van der Waals surface area contributed by atoms with E-state index in [1.165, 1.54) is 18.2 Å². The molecule has 0 aliphatic rings. The Kier molecular flexibility index (Phi) is 2.84. The van der Waals surface area contributed by atoms with Crippen molar-refractivity contribution in [1.82, 2.24) is 0 Å². The van der Waals surface area contributed by atoms with E-state index in [4.69, 9.17) is 10.2 Å². The van der Waals surface area contributed by atoms with E-state index < -0.39 is 16.9 Å². The minimum Gasteiger partial charge on any atom is -0.508 e. The monoisotopic (exact) mass is 301 g/mol. The molecule has 0 aliphatic carbocycles. The van der Waals surface area contributed by atoms with E-state index in [0.29, 0.717) is 0 Å². The summed E-state index contributed by atoms with van der Waals surface area (Å²) in [5.41, 5.74) is 4.93. The lowest BCUT2D eigenvalue weighted by atomic mass is 10.1. The Morgan fingerprint density at radius 3 is 2.36 bits per heavy atom. The van der Waals surface area contributed by atoms with Gasteiger partial charge in [-0.1, -0.05) is 0 Å². The molecule has 0 saturated heterocycles. The first kappa shape index (κ1) is 13.6. The van der Waals surface area contributed by atoms with Crippen molar-refractivity contribution in [2.45, 2.75) is 0 Å². The number of hydrogen-bond donors (Lipinski definition) is 5. The molecular formula is C15H11NO6. The van der Waals surface area contributed by atoms with Gasteiger partial charge in [0.05, 0.1) is 5.69 Å². The van der Waals surface area contributed by atoms with Crippen LogP contribution in [0.25, 0.3) is 22.3 Å². The molecule has 0 bridgehead atoms. The van der Waals surface area contributed by atoms with Crippen molar-refractivity contribution < 1.29 is 24.8 Å². The lowest BCUT2D eigenvalue weighted by Crippen LogP contribution is -2.03. The summed E-state index contributed by atoms with van der Waals surface area (Å²) in [5.74, 6) is -1.85. The fourth-order valence-electron chi connectivity index (χ4n) is 2.17. The number of hydrogen-bond acceptors (Lipinski definition) is 7. The van der Waals surface area contributed by atoms with Gasteiger partial charge >= 0.3 is 0 Å². The summed E-state index contributed by atoms with van der Waals surface area (Å²) < 4.78 is 5.41. The summed E-state index contributed by atoms with van der Waals surface area (Å²) >= 11 is 0. The SMILES string of the molecule is Nc1cc(-c2oc3cc(O)cc(O)c3c(=O)c2O)ccc1O. The van der Waals surface area contributed by atoms with Gasteiger partial charge in [0.1, 0.15) is 28.2 Å². The Hall–Kier alpha value is -3.35. The number of nitrogens with two attached hydrogens (primary N) is 1. The number of rotatable bonds is 1. The van der Waals surface area contributed by atoms with Crippen LogP contribution in [-0.4, -0.2) is 20.4 Å². The van der Waals surface area contributed by atoms with Gasteiger partial charge in [-0.3, -0.25) is 4.79 Å². The number of phenolic OH excluding ortho intramolecular Hbond substituents is 3. The quantitative estimate of drug-likeness (QED) is 0.341. The van der Waals surface area contributed by atoms with E-state index >= 15 is 0 Å². The molecule has 0 atom stereocenters. The molecule has 1 heterocycles. The van der Waals surface area contributed by atoms with E-state index in [0.717, 1.165) is 12.1 Å². The zero-order chi connectivity index (χ0) is 16.0. The van der Waals surface area contributed by atoms with Crippen LogP contribution < -0.4 is 11.2 Å².